The third-order valence-corrected chi connectivity index (χ3v) is 3.17. The van der Waals surface area contributed by atoms with E-state index in [2.05, 4.69) is 5.32 Å². The SMILES string of the molecule is NCC(NC(=O)Cc1cccc(F)c1F)C1CC1. The van der Waals surface area contributed by atoms with E-state index < -0.39 is 11.6 Å². The summed E-state index contributed by atoms with van der Waals surface area (Å²) < 4.78 is 26.3. The molecule has 0 radical (unpaired) electrons. The predicted molar refractivity (Wildman–Crippen MR) is 63.8 cm³/mol. The van der Waals surface area contributed by atoms with Gasteiger partial charge in [0.15, 0.2) is 11.6 Å². The van der Waals surface area contributed by atoms with E-state index in [1.54, 1.807) is 0 Å². The summed E-state index contributed by atoms with van der Waals surface area (Å²) in [5.74, 6) is -1.76. The average molecular weight is 254 g/mol. The number of carbonyl (C=O) groups excluding carboxylic acids is 1. The molecule has 1 aromatic rings. The van der Waals surface area contributed by atoms with Gasteiger partial charge in [0.1, 0.15) is 0 Å². The van der Waals surface area contributed by atoms with E-state index in [1.165, 1.54) is 12.1 Å². The number of hydrogen-bond donors (Lipinski definition) is 2. The molecule has 5 heteroatoms. The highest BCUT2D eigenvalue weighted by Gasteiger charge is 2.31. The maximum atomic E-state index is 13.4. The molecule has 1 aliphatic carbocycles. The second-order valence-corrected chi connectivity index (χ2v) is 4.64. The fraction of sp³-hybridized carbons (Fsp3) is 0.462. The van der Waals surface area contributed by atoms with Crippen molar-refractivity contribution in [2.24, 2.45) is 11.7 Å². The molecule has 0 saturated heterocycles. The molecule has 0 heterocycles. The molecule has 18 heavy (non-hydrogen) atoms. The summed E-state index contributed by atoms with van der Waals surface area (Å²) >= 11 is 0. The van der Waals surface area contributed by atoms with Crippen molar-refractivity contribution in [1.29, 1.82) is 0 Å². The van der Waals surface area contributed by atoms with E-state index in [-0.39, 0.29) is 23.9 Å². The van der Waals surface area contributed by atoms with Crippen LogP contribution in [0.3, 0.4) is 0 Å². The Labute approximate surface area is 104 Å². The molecule has 0 bridgehead atoms. The second kappa shape index (κ2) is 5.44. The van der Waals surface area contributed by atoms with E-state index in [4.69, 9.17) is 5.73 Å². The number of benzene rings is 1. The summed E-state index contributed by atoms with van der Waals surface area (Å²) in [4.78, 5) is 11.7. The minimum atomic E-state index is -0.955. The quantitative estimate of drug-likeness (QED) is 0.833. The van der Waals surface area contributed by atoms with Gasteiger partial charge in [0.2, 0.25) is 5.91 Å². The van der Waals surface area contributed by atoms with Crippen LogP contribution in [0.15, 0.2) is 18.2 Å². The summed E-state index contributed by atoms with van der Waals surface area (Å²) in [7, 11) is 0. The molecule has 2 rings (SSSR count). The van der Waals surface area contributed by atoms with Crippen molar-refractivity contribution in [2.75, 3.05) is 6.54 Å². The molecule has 1 aliphatic rings. The first-order valence-electron chi connectivity index (χ1n) is 6.04. The third kappa shape index (κ3) is 3.04. The van der Waals surface area contributed by atoms with E-state index in [0.717, 1.165) is 18.9 Å². The van der Waals surface area contributed by atoms with Crippen molar-refractivity contribution in [3.8, 4) is 0 Å². The molecule has 0 aromatic heterocycles. The summed E-state index contributed by atoms with van der Waals surface area (Å²) in [6.45, 7) is 0.377. The molecule has 1 aromatic carbocycles. The van der Waals surface area contributed by atoms with Crippen LogP contribution in [-0.2, 0) is 11.2 Å². The number of hydrogen-bond acceptors (Lipinski definition) is 2. The monoisotopic (exact) mass is 254 g/mol. The lowest BCUT2D eigenvalue weighted by Crippen LogP contribution is -2.42. The summed E-state index contributed by atoms with van der Waals surface area (Å²) in [5.41, 5.74) is 5.63. The van der Waals surface area contributed by atoms with Crippen molar-refractivity contribution < 1.29 is 13.6 Å². The first kappa shape index (κ1) is 13.0. The van der Waals surface area contributed by atoms with Crippen molar-refractivity contribution in [3.63, 3.8) is 0 Å². The van der Waals surface area contributed by atoms with Gasteiger partial charge >= 0.3 is 0 Å². The van der Waals surface area contributed by atoms with Gasteiger partial charge in [-0.05, 0) is 24.8 Å². The van der Waals surface area contributed by atoms with Crippen molar-refractivity contribution in [2.45, 2.75) is 25.3 Å². The van der Waals surface area contributed by atoms with E-state index in [0.29, 0.717) is 12.5 Å². The molecule has 1 unspecified atom stereocenters. The van der Waals surface area contributed by atoms with Crippen LogP contribution in [0.1, 0.15) is 18.4 Å². The van der Waals surface area contributed by atoms with Crippen LogP contribution in [0.25, 0.3) is 0 Å². The molecular formula is C13H16F2N2O. The van der Waals surface area contributed by atoms with Crippen LogP contribution in [0, 0.1) is 17.6 Å². The average Bonchev–Trinajstić information content (AvgIpc) is 3.16. The van der Waals surface area contributed by atoms with E-state index in [1.807, 2.05) is 0 Å². The van der Waals surface area contributed by atoms with Crippen LogP contribution < -0.4 is 11.1 Å². The first-order valence-corrected chi connectivity index (χ1v) is 6.04. The Hall–Kier alpha value is -1.49. The Morgan fingerprint density at radius 1 is 1.44 bits per heavy atom. The lowest BCUT2D eigenvalue weighted by atomic mass is 10.1. The maximum absolute atomic E-state index is 13.4. The fourth-order valence-electron chi connectivity index (χ4n) is 1.98. The van der Waals surface area contributed by atoms with Gasteiger partial charge in [0.05, 0.1) is 6.42 Å². The van der Waals surface area contributed by atoms with Gasteiger partial charge in [-0.15, -0.1) is 0 Å². The minimum Gasteiger partial charge on any atom is -0.352 e. The van der Waals surface area contributed by atoms with Crippen LogP contribution >= 0.6 is 0 Å². The number of nitrogens with two attached hydrogens (primary N) is 1. The summed E-state index contributed by atoms with van der Waals surface area (Å²) in [6, 6.07) is 3.78. The standard InChI is InChI=1S/C13H16F2N2O/c14-10-3-1-2-9(13(10)15)6-12(18)17-11(7-16)8-4-5-8/h1-3,8,11H,4-7,16H2,(H,17,18). The maximum Gasteiger partial charge on any atom is 0.224 e. The van der Waals surface area contributed by atoms with Crippen molar-refractivity contribution in [3.05, 3.63) is 35.4 Å². The molecule has 0 aliphatic heterocycles. The molecule has 98 valence electrons. The van der Waals surface area contributed by atoms with Crippen molar-refractivity contribution >= 4 is 5.91 Å². The molecule has 3 N–H and O–H groups in total. The lowest BCUT2D eigenvalue weighted by Gasteiger charge is -2.16. The molecule has 1 amide bonds. The van der Waals surface area contributed by atoms with Crippen molar-refractivity contribution in [1.82, 2.24) is 5.32 Å². The van der Waals surface area contributed by atoms with Gasteiger partial charge in [0.25, 0.3) is 0 Å². The summed E-state index contributed by atoms with van der Waals surface area (Å²) in [5, 5.41) is 2.77. The van der Waals surface area contributed by atoms with Gasteiger partial charge < -0.3 is 11.1 Å². The first-order chi connectivity index (χ1) is 8.61. The molecule has 1 atom stereocenters. The van der Waals surface area contributed by atoms with Crippen LogP contribution in [0.2, 0.25) is 0 Å². The number of rotatable bonds is 5. The number of nitrogens with one attached hydrogen (secondary N) is 1. The minimum absolute atomic E-state index is 0.0471. The highest BCUT2D eigenvalue weighted by atomic mass is 19.2. The van der Waals surface area contributed by atoms with E-state index >= 15 is 0 Å². The van der Waals surface area contributed by atoms with Gasteiger partial charge in [-0.25, -0.2) is 8.78 Å². The van der Waals surface area contributed by atoms with Gasteiger partial charge in [-0.2, -0.15) is 0 Å². The highest BCUT2D eigenvalue weighted by Crippen LogP contribution is 2.32. The largest absolute Gasteiger partial charge is 0.352 e. The zero-order chi connectivity index (χ0) is 13.1. The molecule has 0 spiro atoms. The predicted octanol–water partition coefficient (Wildman–Crippen LogP) is 1.36. The third-order valence-electron chi connectivity index (χ3n) is 3.17. The fourth-order valence-corrected chi connectivity index (χ4v) is 1.98. The normalized spacial score (nSPS) is 16.4. The Morgan fingerprint density at radius 3 is 2.78 bits per heavy atom. The van der Waals surface area contributed by atoms with E-state index in [9.17, 15) is 13.6 Å². The Kier molecular flexibility index (Phi) is 3.91. The van der Waals surface area contributed by atoms with Gasteiger partial charge in [0, 0.05) is 18.2 Å². The number of carbonyl (C=O) groups is 1. The topological polar surface area (TPSA) is 55.1 Å². The zero-order valence-electron chi connectivity index (χ0n) is 9.96. The second-order valence-electron chi connectivity index (χ2n) is 4.64. The van der Waals surface area contributed by atoms with Crippen LogP contribution in [0.4, 0.5) is 8.78 Å². The Bertz CT molecular complexity index is 447. The Balaban J connectivity index is 1.96. The molecular weight excluding hydrogens is 238 g/mol. The van der Waals surface area contributed by atoms with Crippen LogP contribution in [0.5, 0.6) is 0 Å². The molecule has 3 nitrogen and oxygen atoms in total. The van der Waals surface area contributed by atoms with Gasteiger partial charge in [-0.1, -0.05) is 12.1 Å². The number of amides is 1. The molecule has 1 fully saturated rings. The smallest absolute Gasteiger partial charge is 0.224 e. The Morgan fingerprint density at radius 2 is 2.17 bits per heavy atom. The van der Waals surface area contributed by atoms with Crippen LogP contribution in [-0.4, -0.2) is 18.5 Å². The molecule has 1 saturated carbocycles. The summed E-state index contributed by atoms with van der Waals surface area (Å²) in [6.07, 6.45) is 1.97. The van der Waals surface area contributed by atoms with Gasteiger partial charge in [-0.3, -0.25) is 4.79 Å². The lowest BCUT2D eigenvalue weighted by molar-refractivity contribution is -0.121. The number of halogens is 2. The zero-order valence-corrected chi connectivity index (χ0v) is 9.96. The highest BCUT2D eigenvalue weighted by molar-refractivity contribution is 5.79.